The number of hydrogen-bond donors (Lipinski definition) is 1. The zero-order chi connectivity index (χ0) is 14.2. The number of rotatable bonds is 6. The number of carbonyl (C=O) groups is 1. The second-order valence-corrected chi connectivity index (χ2v) is 6.69. The molecule has 1 aromatic carbocycles. The molecule has 2 rings (SSSR count). The van der Waals surface area contributed by atoms with Crippen molar-refractivity contribution in [3.8, 4) is 0 Å². The molecule has 0 saturated heterocycles. The summed E-state index contributed by atoms with van der Waals surface area (Å²) in [6, 6.07) is 6.10. The number of carbonyl (C=O) groups excluding carboxylic acids is 1. The standard InChI is InChI=1S/C16H22FNOS/c17-14-8-6-13(7-9-14)12-16(19)18-10-11-20-15-4-2-1-3-5-15/h6-9,15H,1-5,10-12H2,(H,18,19). The molecule has 0 aliphatic heterocycles. The van der Waals surface area contributed by atoms with Gasteiger partial charge < -0.3 is 5.32 Å². The lowest BCUT2D eigenvalue weighted by atomic mass is 10.0. The number of benzene rings is 1. The summed E-state index contributed by atoms with van der Waals surface area (Å²) < 4.78 is 12.7. The SMILES string of the molecule is O=C(Cc1ccc(F)cc1)NCCSC1CCCCC1. The summed E-state index contributed by atoms with van der Waals surface area (Å²) in [5.74, 6) is 0.735. The molecule has 1 N–H and O–H groups in total. The summed E-state index contributed by atoms with van der Waals surface area (Å²) in [6.07, 6.45) is 7.07. The summed E-state index contributed by atoms with van der Waals surface area (Å²) in [6.45, 7) is 0.723. The van der Waals surface area contributed by atoms with E-state index in [1.165, 1.54) is 44.2 Å². The van der Waals surface area contributed by atoms with E-state index in [-0.39, 0.29) is 11.7 Å². The van der Waals surface area contributed by atoms with Gasteiger partial charge in [-0.1, -0.05) is 31.4 Å². The first-order valence-corrected chi connectivity index (χ1v) is 8.41. The number of nitrogens with one attached hydrogen (secondary N) is 1. The number of amides is 1. The van der Waals surface area contributed by atoms with Crippen LogP contribution in [-0.2, 0) is 11.2 Å². The lowest BCUT2D eigenvalue weighted by Gasteiger charge is -2.20. The van der Waals surface area contributed by atoms with Gasteiger partial charge in [0.15, 0.2) is 0 Å². The van der Waals surface area contributed by atoms with Crippen LogP contribution in [0.3, 0.4) is 0 Å². The average molecular weight is 295 g/mol. The Kier molecular flexibility index (Phi) is 6.37. The predicted octanol–water partition coefficient (Wildman–Crippen LogP) is 3.55. The highest BCUT2D eigenvalue weighted by Crippen LogP contribution is 2.27. The third-order valence-electron chi connectivity index (χ3n) is 3.61. The monoisotopic (exact) mass is 295 g/mol. The number of halogens is 1. The van der Waals surface area contributed by atoms with Gasteiger partial charge in [0.25, 0.3) is 0 Å². The molecular weight excluding hydrogens is 273 g/mol. The molecule has 0 aromatic heterocycles. The van der Waals surface area contributed by atoms with Crippen molar-refractivity contribution in [2.75, 3.05) is 12.3 Å². The topological polar surface area (TPSA) is 29.1 Å². The maximum absolute atomic E-state index is 12.7. The van der Waals surface area contributed by atoms with Crippen molar-refractivity contribution in [1.82, 2.24) is 5.32 Å². The van der Waals surface area contributed by atoms with Gasteiger partial charge in [-0.25, -0.2) is 4.39 Å². The average Bonchev–Trinajstić information content (AvgIpc) is 2.47. The van der Waals surface area contributed by atoms with E-state index in [0.29, 0.717) is 6.42 Å². The molecule has 0 unspecified atom stereocenters. The first-order chi connectivity index (χ1) is 9.74. The van der Waals surface area contributed by atoms with Crippen LogP contribution in [0.1, 0.15) is 37.7 Å². The maximum Gasteiger partial charge on any atom is 0.224 e. The Labute approximate surface area is 124 Å². The van der Waals surface area contributed by atoms with E-state index in [1.54, 1.807) is 12.1 Å². The fourth-order valence-corrected chi connectivity index (χ4v) is 3.72. The molecule has 0 heterocycles. The molecule has 20 heavy (non-hydrogen) atoms. The van der Waals surface area contributed by atoms with Gasteiger partial charge in [0.1, 0.15) is 5.82 Å². The Morgan fingerprint density at radius 2 is 1.90 bits per heavy atom. The minimum absolute atomic E-state index is 0.0147. The lowest BCUT2D eigenvalue weighted by Crippen LogP contribution is -2.27. The molecule has 0 radical (unpaired) electrons. The molecule has 1 saturated carbocycles. The smallest absolute Gasteiger partial charge is 0.224 e. The van der Waals surface area contributed by atoms with Crippen LogP contribution in [0, 0.1) is 5.82 Å². The summed E-state index contributed by atoms with van der Waals surface area (Å²) in [5, 5.41) is 3.72. The third kappa shape index (κ3) is 5.53. The fourth-order valence-electron chi connectivity index (χ4n) is 2.50. The Bertz CT molecular complexity index is 415. The first-order valence-electron chi connectivity index (χ1n) is 7.37. The number of thioether (sulfide) groups is 1. The van der Waals surface area contributed by atoms with E-state index in [1.807, 2.05) is 11.8 Å². The summed E-state index contributed by atoms with van der Waals surface area (Å²) in [5.41, 5.74) is 0.851. The van der Waals surface area contributed by atoms with Crippen LogP contribution >= 0.6 is 11.8 Å². The molecule has 0 bridgehead atoms. The minimum Gasteiger partial charge on any atom is -0.355 e. The van der Waals surface area contributed by atoms with E-state index in [9.17, 15) is 9.18 Å². The number of hydrogen-bond acceptors (Lipinski definition) is 2. The van der Waals surface area contributed by atoms with Gasteiger partial charge in [-0.05, 0) is 30.5 Å². The Morgan fingerprint density at radius 1 is 1.20 bits per heavy atom. The normalized spacial score (nSPS) is 16.1. The maximum atomic E-state index is 12.7. The van der Waals surface area contributed by atoms with E-state index >= 15 is 0 Å². The van der Waals surface area contributed by atoms with Crippen molar-refractivity contribution in [2.24, 2.45) is 0 Å². The molecule has 4 heteroatoms. The lowest BCUT2D eigenvalue weighted by molar-refractivity contribution is -0.120. The molecule has 2 nitrogen and oxygen atoms in total. The van der Waals surface area contributed by atoms with Crippen LogP contribution in [0.2, 0.25) is 0 Å². The van der Waals surface area contributed by atoms with Crippen LogP contribution in [0.5, 0.6) is 0 Å². The van der Waals surface area contributed by atoms with E-state index in [2.05, 4.69) is 5.32 Å². The van der Waals surface area contributed by atoms with Gasteiger partial charge in [0, 0.05) is 17.5 Å². The summed E-state index contributed by atoms with van der Waals surface area (Å²) in [7, 11) is 0. The Morgan fingerprint density at radius 3 is 2.60 bits per heavy atom. The van der Waals surface area contributed by atoms with Crippen LogP contribution in [0.4, 0.5) is 4.39 Å². The van der Waals surface area contributed by atoms with E-state index in [4.69, 9.17) is 0 Å². The van der Waals surface area contributed by atoms with E-state index < -0.39 is 0 Å². The van der Waals surface area contributed by atoms with Crippen LogP contribution in [0.15, 0.2) is 24.3 Å². The van der Waals surface area contributed by atoms with Crippen molar-refractivity contribution in [1.29, 1.82) is 0 Å². The molecule has 1 aliphatic carbocycles. The molecular formula is C16H22FNOS. The predicted molar refractivity (Wildman–Crippen MR) is 82.4 cm³/mol. The van der Waals surface area contributed by atoms with Crippen LogP contribution in [0.25, 0.3) is 0 Å². The highest BCUT2D eigenvalue weighted by atomic mass is 32.2. The van der Waals surface area contributed by atoms with Crippen LogP contribution < -0.4 is 5.32 Å². The van der Waals surface area contributed by atoms with Gasteiger partial charge in [-0.2, -0.15) is 11.8 Å². The Hall–Kier alpha value is -1.03. The molecule has 1 aliphatic rings. The highest BCUT2D eigenvalue weighted by Gasteiger charge is 2.13. The molecule has 0 spiro atoms. The minimum atomic E-state index is -0.266. The van der Waals surface area contributed by atoms with Gasteiger partial charge in [-0.3, -0.25) is 4.79 Å². The molecule has 0 atom stereocenters. The van der Waals surface area contributed by atoms with Gasteiger partial charge in [0.05, 0.1) is 6.42 Å². The van der Waals surface area contributed by atoms with Crippen molar-refractivity contribution in [3.05, 3.63) is 35.6 Å². The van der Waals surface area contributed by atoms with E-state index in [0.717, 1.165) is 23.1 Å². The first kappa shape index (κ1) is 15.4. The summed E-state index contributed by atoms with van der Waals surface area (Å²) in [4.78, 5) is 11.7. The highest BCUT2D eigenvalue weighted by molar-refractivity contribution is 7.99. The quantitative estimate of drug-likeness (QED) is 0.813. The molecule has 1 fully saturated rings. The van der Waals surface area contributed by atoms with Gasteiger partial charge in [-0.15, -0.1) is 0 Å². The third-order valence-corrected chi connectivity index (χ3v) is 4.99. The molecule has 1 amide bonds. The largest absolute Gasteiger partial charge is 0.355 e. The fraction of sp³-hybridized carbons (Fsp3) is 0.562. The van der Waals surface area contributed by atoms with Crippen molar-refractivity contribution >= 4 is 17.7 Å². The second kappa shape index (κ2) is 8.30. The summed E-state index contributed by atoms with van der Waals surface area (Å²) >= 11 is 1.98. The van der Waals surface area contributed by atoms with Crippen LogP contribution in [-0.4, -0.2) is 23.5 Å². The molecule has 1 aromatic rings. The Balaban J connectivity index is 1.59. The second-order valence-electron chi connectivity index (χ2n) is 5.28. The van der Waals surface area contributed by atoms with Crippen molar-refractivity contribution < 1.29 is 9.18 Å². The van der Waals surface area contributed by atoms with Gasteiger partial charge >= 0.3 is 0 Å². The van der Waals surface area contributed by atoms with Gasteiger partial charge in [0.2, 0.25) is 5.91 Å². The van der Waals surface area contributed by atoms with Crippen molar-refractivity contribution in [2.45, 2.75) is 43.8 Å². The zero-order valence-electron chi connectivity index (χ0n) is 11.7. The molecule has 110 valence electrons. The van der Waals surface area contributed by atoms with Crippen molar-refractivity contribution in [3.63, 3.8) is 0 Å². The zero-order valence-corrected chi connectivity index (χ0v) is 12.6.